The van der Waals surface area contributed by atoms with Gasteiger partial charge in [0, 0.05) is 37.3 Å². The van der Waals surface area contributed by atoms with Crippen LogP contribution in [-0.2, 0) is 5.41 Å². The van der Waals surface area contributed by atoms with Gasteiger partial charge in [0.15, 0.2) is 0 Å². The molecule has 1 aromatic rings. The summed E-state index contributed by atoms with van der Waals surface area (Å²) >= 11 is 0. The lowest BCUT2D eigenvalue weighted by Gasteiger charge is -2.59. The molecule has 178 valence electrons. The average molecular weight is 443 g/mol. The van der Waals surface area contributed by atoms with E-state index in [1.54, 1.807) is 7.11 Å². The van der Waals surface area contributed by atoms with Crippen LogP contribution in [0.4, 0.5) is 5.69 Å². The lowest BCUT2D eigenvalue weighted by atomic mass is 9.53. The van der Waals surface area contributed by atoms with Gasteiger partial charge in [-0.1, -0.05) is 59.8 Å². The number of rotatable bonds is 1. The Morgan fingerprint density at radius 3 is 2.44 bits per heavy atom. The molecule has 1 aromatic carbocycles. The van der Waals surface area contributed by atoms with E-state index < -0.39 is 23.1 Å². The molecule has 1 spiro atoms. The van der Waals surface area contributed by atoms with E-state index in [1.165, 1.54) is 5.56 Å². The number of nitrogens with two attached hydrogens (primary N) is 1. The highest BCUT2D eigenvalue weighted by Gasteiger charge is 2.74. The molecular weight excluding hydrogens is 400 g/mol. The van der Waals surface area contributed by atoms with Crippen molar-refractivity contribution < 1.29 is 9.84 Å². The molecule has 3 N–H and O–H groups in total. The normalized spacial score (nSPS) is 35.3. The van der Waals surface area contributed by atoms with Gasteiger partial charge >= 0.3 is 0 Å². The number of nitriles is 1. The number of ether oxygens (including phenoxy) is 1. The third-order valence-electron chi connectivity index (χ3n) is 7.43. The zero-order valence-corrected chi connectivity index (χ0v) is 21.1. The molecule has 4 aliphatic rings. The average Bonchev–Trinajstić information content (AvgIpc) is 3.35. The van der Waals surface area contributed by atoms with Crippen LogP contribution >= 0.6 is 0 Å². The number of aliphatic hydroxyl groups excluding tert-OH is 1. The summed E-state index contributed by atoms with van der Waals surface area (Å²) in [4.78, 5) is 4.44. The van der Waals surface area contributed by atoms with Crippen LogP contribution in [0.3, 0.4) is 0 Å². The maximum absolute atomic E-state index is 11.3. The lowest BCUT2D eigenvalue weighted by Crippen LogP contribution is -2.79. The van der Waals surface area contributed by atoms with Gasteiger partial charge in [-0.3, -0.25) is 4.90 Å². The van der Waals surface area contributed by atoms with E-state index in [4.69, 9.17) is 10.5 Å². The third-order valence-corrected chi connectivity index (χ3v) is 7.43. The van der Waals surface area contributed by atoms with Crippen LogP contribution in [0.2, 0.25) is 0 Å². The van der Waals surface area contributed by atoms with Gasteiger partial charge in [-0.25, -0.2) is 0 Å². The fraction of sp³-hybridized carbons (Fsp3) is 0.654. The van der Waals surface area contributed by atoms with E-state index in [9.17, 15) is 10.4 Å². The van der Waals surface area contributed by atoms with Crippen molar-refractivity contribution in [2.24, 2.45) is 17.6 Å². The van der Waals surface area contributed by atoms with E-state index in [-0.39, 0.29) is 12.0 Å². The van der Waals surface area contributed by atoms with Crippen molar-refractivity contribution in [2.45, 2.75) is 71.2 Å². The zero-order chi connectivity index (χ0) is 24.3. The summed E-state index contributed by atoms with van der Waals surface area (Å²) in [5.74, 6) is 0.244. The first-order valence-corrected chi connectivity index (χ1v) is 12.2. The Morgan fingerprint density at radius 1 is 1.19 bits per heavy atom. The van der Waals surface area contributed by atoms with Crippen molar-refractivity contribution in [3.05, 3.63) is 35.9 Å². The number of fused-ring (bicyclic) bond motifs is 1. The second kappa shape index (κ2) is 10.2. The number of aliphatic hydroxyl groups is 1. The van der Waals surface area contributed by atoms with Crippen molar-refractivity contribution in [1.29, 1.82) is 5.26 Å². The molecular formula is C26H42N4O2. The van der Waals surface area contributed by atoms with E-state index >= 15 is 0 Å². The topological polar surface area (TPSA) is 85.7 Å². The minimum absolute atomic E-state index is 0.00984. The number of likely N-dealkylation sites (N-methyl/N-ethyl adjacent to an activating group) is 1. The van der Waals surface area contributed by atoms with E-state index in [0.29, 0.717) is 0 Å². The molecule has 6 heteroatoms. The number of methoxy groups -OCH3 is 1. The second-order valence-electron chi connectivity index (χ2n) is 8.03. The number of hydrogen-bond donors (Lipinski definition) is 2. The highest BCUT2D eigenvalue weighted by molar-refractivity contribution is 5.71. The first kappa shape index (κ1) is 26.2. The molecule has 3 aliphatic heterocycles. The van der Waals surface area contributed by atoms with Crippen LogP contribution < -0.4 is 15.4 Å². The SMILES string of the molecule is CC.CC.CC.COc1ccc2c(c1)N(C)C1(N)C(O)C(C#N)C3C=CCN4CCC21C34. The predicted molar refractivity (Wildman–Crippen MR) is 132 cm³/mol. The molecule has 2 fully saturated rings. The van der Waals surface area contributed by atoms with Crippen LogP contribution in [0.5, 0.6) is 5.75 Å². The Balaban J connectivity index is 0.000000561. The molecule has 0 bridgehead atoms. The minimum atomic E-state index is -1.01. The quantitative estimate of drug-likeness (QED) is 0.642. The molecule has 6 atom stereocenters. The van der Waals surface area contributed by atoms with Crippen molar-refractivity contribution in [2.75, 3.05) is 32.1 Å². The molecule has 3 heterocycles. The maximum Gasteiger partial charge on any atom is 0.127 e. The van der Waals surface area contributed by atoms with Crippen molar-refractivity contribution >= 4 is 5.69 Å². The van der Waals surface area contributed by atoms with Gasteiger partial charge in [-0.15, -0.1) is 0 Å². The highest BCUT2D eigenvalue weighted by Crippen LogP contribution is 2.64. The van der Waals surface area contributed by atoms with E-state index in [0.717, 1.165) is 30.9 Å². The summed E-state index contributed by atoms with van der Waals surface area (Å²) < 4.78 is 5.42. The highest BCUT2D eigenvalue weighted by atomic mass is 16.5. The van der Waals surface area contributed by atoms with Crippen molar-refractivity contribution in [3.8, 4) is 11.8 Å². The maximum atomic E-state index is 11.3. The summed E-state index contributed by atoms with van der Waals surface area (Å²) in [7, 11) is 3.59. The van der Waals surface area contributed by atoms with Gasteiger partial charge in [0.05, 0.1) is 24.5 Å². The monoisotopic (exact) mass is 442 g/mol. The molecule has 1 aliphatic carbocycles. The Hall–Kier alpha value is -2.07. The van der Waals surface area contributed by atoms with Gasteiger partial charge < -0.3 is 20.5 Å². The first-order valence-electron chi connectivity index (χ1n) is 12.2. The van der Waals surface area contributed by atoms with Gasteiger partial charge in [-0.05, 0) is 24.6 Å². The minimum Gasteiger partial charge on any atom is -0.497 e. The van der Waals surface area contributed by atoms with Crippen molar-refractivity contribution in [1.82, 2.24) is 4.90 Å². The standard InChI is InChI=1S/C20H24N4O2.3C2H6/c1-23-16-10-12(26-2)5-6-15(16)19-7-9-24-8-3-4-13(17(19)24)14(11-21)18(25)20(19,23)22;3*1-2/h3-6,10,13-14,17-18,25H,7-9,22H2,1-2H3;3*1-2H3. The molecule has 32 heavy (non-hydrogen) atoms. The number of anilines is 1. The Kier molecular flexibility index (Phi) is 8.38. The fourth-order valence-electron chi connectivity index (χ4n) is 6.31. The summed E-state index contributed by atoms with van der Waals surface area (Å²) in [6.07, 6.45) is 4.21. The van der Waals surface area contributed by atoms with Gasteiger partial charge in [0.2, 0.25) is 0 Å². The smallest absolute Gasteiger partial charge is 0.127 e. The van der Waals surface area contributed by atoms with Crippen molar-refractivity contribution in [3.63, 3.8) is 0 Å². The van der Waals surface area contributed by atoms with Gasteiger partial charge in [0.1, 0.15) is 17.5 Å². The van der Waals surface area contributed by atoms with Crippen LogP contribution in [0, 0.1) is 23.2 Å². The molecule has 0 radical (unpaired) electrons. The largest absolute Gasteiger partial charge is 0.497 e. The van der Waals surface area contributed by atoms with Gasteiger partial charge in [-0.2, -0.15) is 5.26 Å². The molecule has 0 aromatic heterocycles. The third kappa shape index (κ3) is 3.17. The van der Waals surface area contributed by atoms with Crippen LogP contribution in [0.25, 0.3) is 0 Å². The number of benzene rings is 1. The zero-order valence-electron chi connectivity index (χ0n) is 21.1. The predicted octanol–water partition coefficient (Wildman–Crippen LogP) is 3.89. The molecule has 6 nitrogen and oxygen atoms in total. The Labute approximate surface area is 194 Å². The fourth-order valence-corrected chi connectivity index (χ4v) is 6.31. The summed E-state index contributed by atoms with van der Waals surface area (Å²) in [6.45, 7) is 13.8. The molecule has 6 unspecified atom stereocenters. The van der Waals surface area contributed by atoms with Crippen LogP contribution in [0.1, 0.15) is 53.5 Å². The van der Waals surface area contributed by atoms with Crippen LogP contribution in [0.15, 0.2) is 30.4 Å². The summed E-state index contributed by atoms with van der Waals surface area (Å²) in [5, 5.41) is 21.2. The Morgan fingerprint density at radius 2 is 1.84 bits per heavy atom. The molecule has 1 saturated carbocycles. The van der Waals surface area contributed by atoms with Crippen LogP contribution in [-0.4, -0.2) is 55.1 Å². The van der Waals surface area contributed by atoms with E-state index in [1.807, 2.05) is 65.6 Å². The lowest BCUT2D eigenvalue weighted by molar-refractivity contribution is -0.0690. The first-order chi connectivity index (χ1) is 15.5. The Bertz CT molecular complexity index is 851. The van der Waals surface area contributed by atoms with E-state index in [2.05, 4.69) is 29.2 Å². The molecule has 0 amide bonds. The number of nitrogens with zero attached hydrogens (tertiary/aromatic N) is 3. The summed E-state index contributed by atoms with van der Waals surface area (Å²) in [6, 6.07) is 8.58. The molecule has 1 saturated heterocycles. The number of hydrogen-bond acceptors (Lipinski definition) is 6. The van der Waals surface area contributed by atoms with Gasteiger partial charge in [0.25, 0.3) is 0 Å². The second-order valence-corrected chi connectivity index (χ2v) is 8.03. The summed E-state index contributed by atoms with van der Waals surface area (Å²) in [5.41, 5.74) is 7.84. The molecule has 5 rings (SSSR count).